The largest absolute Gasteiger partial charge is 0.461 e. The number of pyridine rings is 1. The van der Waals surface area contributed by atoms with Gasteiger partial charge in [-0.05, 0) is 44.4 Å². The van der Waals surface area contributed by atoms with E-state index in [4.69, 9.17) is 4.74 Å². The lowest BCUT2D eigenvalue weighted by atomic mass is 10.1. The predicted molar refractivity (Wildman–Crippen MR) is 120 cm³/mol. The van der Waals surface area contributed by atoms with Crippen molar-refractivity contribution in [1.82, 2.24) is 9.55 Å². The number of aromatic nitrogens is 2. The third-order valence-corrected chi connectivity index (χ3v) is 5.10. The zero-order valence-corrected chi connectivity index (χ0v) is 17.5. The van der Waals surface area contributed by atoms with Gasteiger partial charge in [0, 0.05) is 22.8 Å². The number of aryl methyl sites for hydroxylation is 3. The molecule has 4 nitrogen and oxygen atoms in total. The maximum atomic E-state index is 12.2. The summed E-state index contributed by atoms with van der Waals surface area (Å²) in [5, 5.41) is 2.21. The van der Waals surface area contributed by atoms with Crippen LogP contribution in [0.15, 0.2) is 60.7 Å². The minimum atomic E-state index is -0.367. The lowest BCUT2D eigenvalue weighted by Gasteiger charge is -2.10. The summed E-state index contributed by atoms with van der Waals surface area (Å²) >= 11 is 0. The molecular weight excluding hydrogens is 384 g/mol. The minimum absolute atomic E-state index is 0. The molecule has 0 saturated heterocycles. The molecule has 5 heteroatoms. The van der Waals surface area contributed by atoms with E-state index < -0.39 is 0 Å². The van der Waals surface area contributed by atoms with Crippen LogP contribution in [-0.2, 0) is 17.7 Å². The van der Waals surface area contributed by atoms with Gasteiger partial charge in [-0.1, -0.05) is 48.5 Å². The third-order valence-electron chi connectivity index (χ3n) is 5.10. The smallest absolute Gasteiger partial charge is 0.356 e. The first-order valence-electron chi connectivity index (χ1n) is 9.78. The summed E-state index contributed by atoms with van der Waals surface area (Å²) < 4.78 is 7.49. The van der Waals surface area contributed by atoms with E-state index in [9.17, 15) is 4.79 Å². The van der Waals surface area contributed by atoms with Crippen molar-refractivity contribution in [3.05, 3.63) is 77.6 Å². The van der Waals surface area contributed by atoms with Gasteiger partial charge in [0.1, 0.15) is 5.69 Å². The van der Waals surface area contributed by atoms with Gasteiger partial charge >= 0.3 is 5.97 Å². The number of hydrogen-bond acceptors (Lipinski definition) is 3. The van der Waals surface area contributed by atoms with Crippen LogP contribution in [0, 0.1) is 6.92 Å². The van der Waals surface area contributed by atoms with Gasteiger partial charge in [0.15, 0.2) is 0 Å². The lowest BCUT2D eigenvalue weighted by Crippen LogP contribution is -2.09. The Balaban J connectivity index is 0.00000240. The highest BCUT2D eigenvalue weighted by Gasteiger charge is 2.17. The average molecular weight is 409 g/mol. The quantitative estimate of drug-likeness (QED) is 0.383. The first-order valence-corrected chi connectivity index (χ1v) is 9.78. The van der Waals surface area contributed by atoms with Gasteiger partial charge in [-0.15, -0.1) is 12.4 Å². The third kappa shape index (κ3) is 4.13. The Morgan fingerprint density at radius 1 is 1.03 bits per heavy atom. The summed E-state index contributed by atoms with van der Waals surface area (Å²) in [6.07, 6.45) is 2.07. The van der Waals surface area contributed by atoms with Gasteiger partial charge < -0.3 is 9.30 Å². The molecule has 150 valence electrons. The van der Waals surface area contributed by atoms with Crippen molar-refractivity contribution in [2.24, 2.45) is 0 Å². The Bertz CT molecular complexity index is 1140. The second kappa shape index (κ2) is 9.10. The summed E-state index contributed by atoms with van der Waals surface area (Å²) in [5.41, 5.74) is 4.86. The van der Waals surface area contributed by atoms with Crippen LogP contribution in [0.5, 0.6) is 0 Å². The van der Waals surface area contributed by atoms with Crippen molar-refractivity contribution in [3.63, 3.8) is 0 Å². The first-order chi connectivity index (χ1) is 13.7. The molecular formula is C24H25ClN2O2. The number of fused-ring (bicyclic) bond motifs is 3. The van der Waals surface area contributed by atoms with Crippen LogP contribution in [0.25, 0.3) is 21.8 Å². The second-order valence-electron chi connectivity index (χ2n) is 6.97. The minimum Gasteiger partial charge on any atom is -0.461 e. The highest BCUT2D eigenvalue weighted by molar-refractivity contribution is 6.10. The SMILES string of the molecule is CCOC(=O)c1cc2c3ccccc3n(CCCc3ccccc3)c2c(C)n1.Cl. The maximum absolute atomic E-state index is 12.2. The fourth-order valence-electron chi connectivity index (χ4n) is 3.90. The van der Waals surface area contributed by atoms with Crippen LogP contribution in [0.1, 0.15) is 35.1 Å². The van der Waals surface area contributed by atoms with E-state index >= 15 is 0 Å². The molecule has 0 radical (unpaired) electrons. The van der Waals surface area contributed by atoms with Crippen LogP contribution >= 0.6 is 12.4 Å². The van der Waals surface area contributed by atoms with E-state index in [2.05, 4.69) is 52.0 Å². The van der Waals surface area contributed by atoms with Gasteiger partial charge in [0.25, 0.3) is 0 Å². The molecule has 0 unspecified atom stereocenters. The monoisotopic (exact) mass is 408 g/mol. The molecule has 2 heterocycles. The molecule has 0 spiro atoms. The molecule has 29 heavy (non-hydrogen) atoms. The zero-order valence-electron chi connectivity index (χ0n) is 16.7. The summed E-state index contributed by atoms with van der Waals surface area (Å²) in [7, 11) is 0. The van der Waals surface area contributed by atoms with E-state index in [1.165, 1.54) is 11.1 Å². The topological polar surface area (TPSA) is 44.1 Å². The predicted octanol–water partition coefficient (Wildman–Crippen LogP) is 5.73. The maximum Gasteiger partial charge on any atom is 0.356 e. The molecule has 0 amide bonds. The fraction of sp³-hybridized carbons (Fsp3) is 0.250. The van der Waals surface area contributed by atoms with Crippen molar-refractivity contribution in [2.75, 3.05) is 6.61 Å². The Hall–Kier alpha value is -2.85. The first kappa shape index (κ1) is 20.9. The molecule has 0 saturated carbocycles. The molecule has 2 aromatic heterocycles. The number of hydrogen-bond donors (Lipinski definition) is 0. The summed E-state index contributed by atoms with van der Waals surface area (Å²) in [6, 6.07) is 20.8. The average Bonchev–Trinajstić information content (AvgIpc) is 3.04. The van der Waals surface area contributed by atoms with Crippen LogP contribution < -0.4 is 0 Å². The summed E-state index contributed by atoms with van der Waals surface area (Å²) in [6.45, 7) is 5.03. The molecule has 0 fully saturated rings. The number of carbonyl (C=O) groups excluding carboxylic acids is 1. The lowest BCUT2D eigenvalue weighted by molar-refractivity contribution is 0.0519. The number of ether oxygens (including phenoxy) is 1. The Morgan fingerprint density at radius 2 is 1.76 bits per heavy atom. The number of rotatable bonds is 6. The van der Waals surface area contributed by atoms with Gasteiger partial charge in [-0.3, -0.25) is 0 Å². The van der Waals surface area contributed by atoms with Crippen molar-refractivity contribution in [1.29, 1.82) is 0 Å². The van der Waals surface area contributed by atoms with Gasteiger partial charge in [-0.25, -0.2) is 9.78 Å². The highest BCUT2D eigenvalue weighted by atomic mass is 35.5. The number of para-hydroxylation sites is 1. The van der Waals surface area contributed by atoms with Crippen LogP contribution in [-0.4, -0.2) is 22.1 Å². The highest BCUT2D eigenvalue weighted by Crippen LogP contribution is 2.31. The van der Waals surface area contributed by atoms with Gasteiger partial charge in [-0.2, -0.15) is 0 Å². The number of esters is 1. The number of carbonyl (C=O) groups is 1. The molecule has 4 aromatic rings. The van der Waals surface area contributed by atoms with E-state index in [1.807, 2.05) is 32.0 Å². The molecule has 0 aliphatic heterocycles. The normalized spacial score (nSPS) is 10.8. The van der Waals surface area contributed by atoms with Crippen LogP contribution in [0.2, 0.25) is 0 Å². The second-order valence-corrected chi connectivity index (χ2v) is 6.97. The Kier molecular flexibility index (Phi) is 6.55. The van der Waals surface area contributed by atoms with Crippen LogP contribution in [0.3, 0.4) is 0 Å². The zero-order chi connectivity index (χ0) is 19.5. The van der Waals surface area contributed by atoms with Crippen molar-refractivity contribution in [2.45, 2.75) is 33.2 Å². The van der Waals surface area contributed by atoms with Crippen LogP contribution in [0.4, 0.5) is 0 Å². The van der Waals surface area contributed by atoms with Crippen molar-refractivity contribution < 1.29 is 9.53 Å². The summed E-state index contributed by atoms with van der Waals surface area (Å²) in [4.78, 5) is 16.8. The molecule has 0 bridgehead atoms. The summed E-state index contributed by atoms with van der Waals surface area (Å²) in [5.74, 6) is -0.367. The van der Waals surface area contributed by atoms with Crippen molar-refractivity contribution >= 4 is 40.2 Å². The van der Waals surface area contributed by atoms with Gasteiger partial charge in [0.2, 0.25) is 0 Å². The fourth-order valence-corrected chi connectivity index (χ4v) is 3.90. The van der Waals surface area contributed by atoms with E-state index in [-0.39, 0.29) is 18.4 Å². The van der Waals surface area contributed by atoms with E-state index in [0.29, 0.717) is 12.3 Å². The molecule has 0 atom stereocenters. The van der Waals surface area contributed by atoms with Crippen molar-refractivity contribution in [3.8, 4) is 0 Å². The number of nitrogens with zero attached hydrogens (tertiary/aromatic N) is 2. The molecule has 4 rings (SSSR count). The standard InChI is InChI=1S/C24H24N2O2.ClH/c1-3-28-24(27)21-16-20-19-13-7-8-14-22(19)26(23(20)17(2)25-21)15-9-12-18-10-5-4-6-11-18;/h4-8,10-11,13-14,16H,3,9,12,15H2,1-2H3;1H. The molecule has 0 N–H and O–H groups in total. The number of benzene rings is 2. The molecule has 0 aliphatic carbocycles. The number of halogens is 1. The Labute approximate surface area is 176 Å². The van der Waals surface area contributed by atoms with E-state index in [1.54, 1.807) is 0 Å². The molecule has 2 aromatic carbocycles. The molecule has 0 aliphatic rings. The van der Waals surface area contributed by atoms with Gasteiger partial charge in [0.05, 0.1) is 17.8 Å². The Morgan fingerprint density at radius 3 is 2.52 bits per heavy atom. The van der Waals surface area contributed by atoms with E-state index in [0.717, 1.165) is 41.4 Å².